The number of aromatic nitrogens is 2. The van der Waals surface area contributed by atoms with E-state index in [1.165, 1.54) is 6.20 Å². The molecule has 0 unspecified atom stereocenters. The van der Waals surface area contributed by atoms with Crippen molar-refractivity contribution in [1.82, 2.24) is 9.38 Å². The molecule has 0 atom stereocenters. The number of ether oxygens (including phenoxy) is 1. The Balaban J connectivity index is 2.30. The van der Waals surface area contributed by atoms with E-state index in [1.54, 1.807) is 16.7 Å². The Bertz CT molecular complexity index is 527. The second-order valence-electron chi connectivity index (χ2n) is 2.95. The summed E-state index contributed by atoms with van der Waals surface area (Å²) in [6.45, 7) is 0. The number of fused-ring (bicyclic) bond motifs is 1. The van der Waals surface area contributed by atoms with Gasteiger partial charge in [-0.2, -0.15) is 0 Å². The van der Waals surface area contributed by atoms with Gasteiger partial charge in [-0.25, -0.2) is 9.78 Å². The number of hydrogen-bond donors (Lipinski definition) is 2. The zero-order valence-electron chi connectivity index (χ0n) is 8.20. The molecule has 2 aromatic heterocycles. The van der Waals surface area contributed by atoms with E-state index in [0.29, 0.717) is 5.65 Å². The van der Waals surface area contributed by atoms with Crippen molar-refractivity contribution in [3.05, 3.63) is 36.3 Å². The summed E-state index contributed by atoms with van der Waals surface area (Å²) in [7, 11) is 0. The first-order valence-electron chi connectivity index (χ1n) is 4.40. The standard InChI is InChI=1S/C9H9N5O2/c10-9(13-11)16-8(15)6-5-14-4-2-1-3-7(14)12-6/h1-5H,11H2,(H2,10,13). The highest BCUT2D eigenvalue weighted by Gasteiger charge is 2.13. The van der Waals surface area contributed by atoms with Crippen LogP contribution in [0.15, 0.2) is 35.7 Å². The molecule has 0 saturated heterocycles. The van der Waals surface area contributed by atoms with Gasteiger partial charge in [0.25, 0.3) is 0 Å². The average molecular weight is 219 g/mol. The molecule has 0 bridgehead atoms. The summed E-state index contributed by atoms with van der Waals surface area (Å²) < 4.78 is 6.29. The molecule has 0 aliphatic carbocycles. The molecule has 0 aliphatic heterocycles. The van der Waals surface area contributed by atoms with Crippen molar-refractivity contribution in [3.8, 4) is 0 Å². The van der Waals surface area contributed by atoms with Crippen molar-refractivity contribution < 1.29 is 9.53 Å². The lowest BCUT2D eigenvalue weighted by atomic mass is 10.5. The average Bonchev–Trinajstić information content (AvgIpc) is 2.72. The van der Waals surface area contributed by atoms with Gasteiger partial charge in [0.15, 0.2) is 5.69 Å². The molecule has 7 nitrogen and oxygen atoms in total. The Morgan fingerprint density at radius 3 is 3.00 bits per heavy atom. The van der Waals surface area contributed by atoms with Crippen LogP contribution >= 0.6 is 0 Å². The van der Waals surface area contributed by atoms with Crippen molar-refractivity contribution in [2.45, 2.75) is 0 Å². The van der Waals surface area contributed by atoms with Gasteiger partial charge in [-0.1, -0.05) is 6.07 Å². The Labute approximate surface area is 90.3 Å². The first-order chi connectivity index (χ1) is 7.70. The number of rotatable bonds is 1. The molecule has 0 fully saturated rings. The number of esters is 1. The molecule has 82 valence electrons. The van der Waals surface area contributed by atoms with Gasteiger partial charge in [-0.15, -0.1) is 5.10 Å². The molecule has 0 radical (unpaired) electrons. The summed E-state index contributed by atoms with van der Waals surface area (Å²) in [6.07, 6.45) is 3.29. The minimum absolute atomic E-state index is 0.137. The fourth-order valence-electron chi connectivity index (χ4n) is 1.21. The second-order valence-corrected chi connectivity index (χ2v) is 2.95. The van der Waals surface area contributed by atoms with Crippen LogP contribution in [-0.2, 0) is 4.74 Å². The van der Waals surface area contributed by atoms with Gasteiger partial charge in [0.2, 0.25) is 0 Å². The monoisotopic (exact) mass is 219 g/mol. The summed E-state index contributed by atoms with van der Waals surface area (Å²) in [6, 6.07) is 4.99. The fraction of sp³-hybridized carbons (Fsp3) is 0. The van der Waals surface area contributed by atoms with E-state index in [1.807, 2.05) is 12.1 Å². The molecule has 2 rings (SSSR count). The largest absolute Gasteiger partial charge is 0.387 e. The number of amidine groups is 1. The number of hydrazone groups is 1. The van der Waals surface area contributed by atoms with Crippen LogP contribution in [0, 0.1) is 0 Å². The Morgan fingerprint density at radius 1 is 1.50 bits per heavy atom. The first-order valence-corrected chi connectivity index (χ1v) is 4.40. The van der Waals surface area contributed by atoms with Gasteiger partial charge >= 0.3 is 12.0 Å². The molecule has 0 aromatic carbocycles. The van der Waals surface area contributed by atoms with E-state index in [9.17, 15) is 4.79 Å². The highest BCUT2D eigenvalue weighted by molar-refractivity contribution is 5.96. The maximum absolute atomic E-state index is 11.5. The van der Waals surface area contributed by atoms with Crippen molar-refractivity contribution >= 4 is 17.6 Å². The quantitative estimate of drug-likeness (QED) is 0.224. The van der Waals surface area contributed by atoms with E-state index < -0.39 is 12.0 Å². The lowest BCUT2D eigenvalue weighted by Crippen LogP contribution is -2.22. The van der Waals surface area contributed by atoms with Crippen molar-refractivity contribution in [1.29, 1.82) is 0 Å². The summed E-state index contributed by atoms with van der Waals surface area (Å²) in [5.74, 6) is 4.13. The molecule has 4 N–H and O–H groups in total. The lowest BCUT2D eigenvalue weighted by Gasteiger charge is -1.97. The zero-order valence-corrected chi connectivity index (χ0v) is 8.20. The van der Waals surface area contributed by atoms with Crippen LogP contribution < -0.4 is 11.6 Å². The van der Waals surface area contributed by atoms with Gasteiger partial charge < -0.3 is 20.7 Å². The highest BCUT2D eigenvalue weighted by Crippen LogP contribution is 2.05. The van der Waals surface area contributed by atoms with E-state index in [0.717, 1.165) is 0 Å². The predicted molar refractivity (Wildman–Crippen MR) is 56.4 cm³/mol. The molecule has 0 aliphatic rings. The van der Waals surface area contributed by atoms with Crippen LogP contribution in [0.4, 0.5) is 0 Å². The third-order valence-electron chi connectivity index (χ3n) is 1.90. The second kappa shape index (κ2) is 3.89. The topological polar surface area (TPSA) is 108 Å². The van der Waals surface area contributed by atoms with E-state index >= 15 is 0 Å². The molecule has 16 heavy (non-hydrogen) atoms. The summed E-state index contributed by atoms with van der Waals surface area (Å²) in [5, 5.41) is 3.02. The van der Waals surface area contributed by atoms with Gasteiger partial charge in [-0.05, 0) is 12.1 Å². The van der Waals surface area contributed by atoms with Crippen LogP contribution in [0.2, 0.25) is 0 Å². The molecule has 7 heteroatoms. The van der Waals surface area contributed by atoms with Crippen molar-refractivity contribution in [2.75, 3.05) is 0 Å². The Hall–Kier alpha value is -2.57. The van der Waals surface area contributed by atoms with Gasteiger partial charge in [0.1, 0.15) is 5.65 Å². The summed E-state index contributed by atoms with van der Waals surface area (Å²) in [5.41, 5.74) is 5.93. The van der Waals surface area contributed by atoms with Gasteiger partial charge in [-0.3, -0.25) is 0 Å². The lowest BCUT2D eigenvalue weighted by molar-refractivity contribution is 0.0707. The SMILES string of the molecule is NN=C(N)OC(=O)c1cn2ccccc2n1. The third kappa shape index (κ3) is 1.78. The molecular formula is C9H9N5O2. The minimum atomic E-state index is -0.699. The smallest absolute Gasteiger partial charge is 0.366 e. The number of nitrogens with zero attached hydrogens (tertiary/aromatic N) is 3. The van der Waals surface area contributed by atoms with E-state index in [4.69, 9.17) is 11.6 Å². The molecule has 0 saturated carbocycles. The molecule has 0 spiro atoms. The van der Waals surface area contributed by atoms with E-state index in [2.05, 4.69) is 14.8 Å². The van der Waals surface area contributed by atoms with Gasteiger partial charge in [0.05, 0.1) is 0 Å². The van der Waals surface area contributed by atoms with Crippen molar-refractivity contribution in [3.63, 3.8) is 0 Å². The van der Waals surface area contributed by atoms with E-state index in [-0.39, 0.29) is 5.69 Å². The number of carbonyl (C=O) groups excluding carboxylic acids is 1. The third-order valence-corrected chi connectivity index (χ3v) is 1.90. The predicted octanol–water partition coefficient (Wildman–Crippen LogP) is -0.321. The number of carbonyl (C=O) groups is 1. The summed E-state index contributed by atoms with van der Waals surface area (Å²) >= 11 is 0. The molecule has 2 aromatic rings. The normalized spacial score (nSPS) is 11.6. The maximum atomic E-state index is 11.5. The highest BCUT2D eigenvalue weighted by atomic mass is 16.6. The van der Waals surface area contributed by atoms with Crippen LogP contribution in [-0.4, -0.2) is 21.4 Å². The Morgan fingerprint density at radius 2 is 2.31 bits per heavy atom. The number of hydrogen-bond acceptors (Lipinski definition) is 5. The minimum Gasteiger partial charge on any atom is -0.387 e. The Kier molecular flexibility index (Phi) is 2.42. The zero-order chi connectivity index (χ0) is 11.5. The van der Waals surface area contributed by atoms with Crippen LogP contribution in [0.25, 0.3) is 5.65 Å². The van der Waals surface area contributed by atoms with Crippen molar-refractivity contribution in [2.24, 2.45) is 16.7 Å². The van der Waals surface area contributed by atoms with Crippen LogP contribution in [0.3, 0.4) is 0 Å². The number of imidazole rings is 1. The first kappa shape index (κ1) is 9.97. The molecule has 2 heterocycles. The van der Waals surface area contributed by atoms with Crippen LogP contribution in [0.1, 0.15) is 10.5 Å². The molecular weight excluding hydrogens is 210 g/mol. The van der Waals surface area contributed by atoms with Crippen LogP contribution in [0.5, 0.6) is 0 Å². The van der Waals surface area contributed by atoms with Gasteiger partial charge in [0, 0.05) is 12.4 Å². The summed E-state index contributed by atoms with van der Waals surface area (Å²) in [4.78, 5) is 15.5. The molecule has 0 amide bonds. The number of pyridine rings is 1. The maximum Gasteiger partial charge on any atom is 0.366 e. The number of nitrogens with two attached hydrogens (primary N) is 2. The fourth-order valence-corrected chi connectivity index (χ4v) is 1.21.